The van der Waals surface area contributed by atoms with E-state index in [-0.39, 0.29) is 0 Å². The third-order valence-corrected chi connectivity index (χ3v) is 14.5. The van der Waals surface area contributed by atoms with Gasteiger partial charge in [-0.2, -0.15) is 325 Å². The summed E-state index contributed by atoms with van der Waals surface area (Å²) in [5, 5.41) is 8.21. The molecule has 0 aliphatic heterocycles. The highest BCUT2D eigenvalue weighted by Crippen LogP contribution is 2.76. The number of hydrogen-bond donors (Lipinski definition) is 1. The molecule has 0 aromatic heterocycles. The Labute approximate surface area is 566 Å². The summed E-state index contributed by atoms with van der Waals surface area (Å²) in [6.45, 7) is 0. The lowest BCUT2D eigenvalue weighted by atomic mass is 9.76. The molecule has 0 fully saturated rings. The zero-order valence-corrected chi connectivity index (χ0v) is 48.2. The van der Waals surface area contributed by atoms with Gasteiger partial charge in [0.1, 0.15) is 0 Å². The molecule has 77 heteroatoms. The number of alkyl halides is 75. The van der Waals surface area contributed by atoms with E-state index in [1.165, 1.54) is 0 Å². The van der Waals surface area contributed by atoms with Crippen LogP contribution in [0.5, 0.6) is 0 Å². The van der Waals surface area contributed by atoms with Gasteiger partial charge in [-0.3, -0.25) is 0 Å². The zero-order valence-electron chi connectivity index (χ0n) is 48.2. The van der Waals surface area contributed by atoms with Crippen molar-refractivity contribution in [2.75, 3.05) is 0 Å². The lowest BCUT2D eigenvalue weighted by Crippen LogP contribution is -2.83. The Morgan fingerprint density at radius 1 is 0.104 bits per heavy atom. The van der Waals surface area contributed by atoms with Crippen LogP contribution in [0.3, 0.4) is 0 Å². The maximum absolute atomic E-state index is 15.3. The van der Waals surface area contributed by atoms with E-state index in [2.05, 4.69) is 0 Å². The van der Waals surface area contributed by atoms with Gasteiger partial charge in [0, 0.05) is 0 Å². The number of carboxylic acids is 1. The van der Waals surface area contributed by atoms with Crippen molar-refractivity contribution in [1.29, 1.82) is 0 Å². The molecule has 115 heavy (non-hydrogen) atoms. The Hall–Kier alpha value is -5.78. The Balaban J connectivity index is 8.78. The van der Waals surface area contributed by atoms with Crippen LogP contribution in [0.1, 0.15) is 0 Å². The number of hydrogen-bond acceptors (Lipinski definition) is 1. The molecule has 0 bridgehead atoms. The smallest absolute Gasteiger partial charge is 0.460 e. The molecule has 1 N–H and O–H groups in total. The number of aliphatic carboxylic acids is 1. The molecule has 0 atom stereocenters. The maximum atomic E-state index is 15.3. The second-order valence-electron chi connectivity index (χ2n) is 21.5. The molecular weight excluding hydrogens is 1910 g/mol. The largest absolute Gasteiger partial charge is 0.479 e. The van der Waals surface area contributed by atoms with Crippen molar-refractivity contribution in [1.82, 2.24) is 0 Å². The highest BCUT2D eigenvalue weighted by atomic mass is 19.5. The predicted octanol–water partition coefficient (Wildman–Crippen LogP) is 23.5. The molecule has 0 radical (unpaired) electrons. The van der Waals surface area contributed by atoms with Gasteiger partial charge in [0.2, 0.25) is 0 Å². The number of rotatable bonds is 35. The molecule has 0 aliphatic rings. The van der Waals surface area contributed by atoms with Crippen LogP contribution in [0, 0.1) is 0 Å². The Kier molecular flexibility index (Phi) is 24.6. The second-order valence-corrected chi connectivity index (χ2v) is 21.5. The lowest BCUT2D eigenvalue weighted by molar-refractivity contribution is -0.497. The summed E-state index contributed by atoms with van der Waals surface area (Å²) in [5.74, 6) is -380. The van der Waals surface area contributed by atoms with E-state index in [0.29, 0.717) is 0 Å². The molecule has 0 aromatic rings. The van der Waals surface area contributed by atoms with E-state index >= 15 is 4.39 Å². The number of carboxylic acid groups (broad SMARTS) is 1. The highest BCUT2D eigenvalue weighted by Gasteiger charge is 3.08. The normalized spacial score (nSPS) is 17.6. The Bertz CT molecular complexity index is 3310. The molecular formula is C38HF75O2. The first kappa shape index (κ1) is 109. The van der Waals surface area contributed by atoms with Gasteiger partial charge in [0.25, 0.3) is 0 Å². The topological polar surface area (TPSA) is 37.3 Å². The van der Waals surface area contributed by atoms with Gasteiger partial charge in [0.05, 0.1) is 0 Å². The number of carbonyl (C=O) groups is 1. The quantitative estimate of drug-likeness (QED) is 0.0642. The van der Waals surface area contributed by atoms with Gasteiger partial charge in [-0.25, -0.2) is 9.18 Å². The second kappa shape index (κ2) is 25.9. The van der Waals surface area contributed by atoms with Crippen molar-refractivity contribution in [3.05, 3.63) is 0 Å². The van der Waals surface area contributed by atoms with E-state index in [9.17, 15) is 330 Å². The van der Waals surface area contributed by atoms with Crippen molar-refractivity contribution in [2.45, 2.75) is 219 Å². The minimum absolute atomic E-state index is 7.10. The van der Waals surface area contributed by atoms with Crippen LogP contribution >= 0.6 is 0 Å². The van der Waals surface area contributed by atoms with Crippen molar-refractivity contribution in [2.24, 2.45) is 0 Å². The molecule has 0 amide bonds. The number of halogens is 75. The molecule has 0 saturated heterocycles. The fraction of sp³-hybridized carbons (Fsp3) is 0.974. The van der Waals surface area contributed by atoms with Crippen LogP contribution in [0.25, 0.3) is 0 Å². The molecule has 0 saturated carbocycles. The summed E-state index contributed by atoms with van der Waals surface area (Å²) in [6.07, 6.45) is -17.6. The first-order chi connectivity index (χ1) is 47.9. The maximum Gasteiger partial charge on any atom is 0.460 e. The Morgan fingerprint density at radius 3 is 0.209 bits per heavy atom. The molecule has 0 aromatic carbocycles. The van der Waals surface area contributed by atoms with Crippen molar-refractivity contribution >= 4 is 5.97 Å². The zero-order chi connectivity index (χ0) is 96.1. The van der Waals surface area contributed by atoms with Crippen LogP contribution in [0.4, 0.5) is 329 Å². The molecule has 0 rings (SSSR count). The molecule has 0 unspecified atom stereocenters. The summed E-state index contributed by atoms with van der Waals surface area (Å²) in [5.41, 5.74) is -11.1. The first-order valence-electron chi connectivity index (χ1n) is 23.9. The molecule has 0 heterocycles. The molecule has 2 nitrogen and oxygen atoms in total. The summed E-state index contributed by atoms with van der Waals surface area (Å²) >= 11 is 0. The van der Waals surface area contributed by atoms with Gasteiger partial charge >= 0.3 is 225 Å². The minimum atomic E-state index is -11.5. The summed E-state index contributed by atoms with van der Waals surface area (Å²) in [6, 6.07) is 0. The molecule has 0 aliphatic carbocycles. The highest BCUT2D eigenvalue weighted by molar-refractivity contribution is 5.81. The van der Waals surface area contributed by atoms with E-state index in [0.717, 1.165) is 0 Å². The standard InChI is InChI=1S/C38HF75O2/c39-2(1(114)115,3(40,41)5(44,45)7(48,49)9(52,53)11(56,57)13(60,61)15(64,65)17(68,69)19(72,73)21(76,77)23(80,81)25(84,85)27(88,89)29(92,93)31(96,97)33(100,101)35(104,105)37(108,109)110)4(42,43)6(46,47)8(50,51)10(54,55)12(58,59)14(62,63)16(66,67)18(70,71)20(74,75)22(78,79)24(82,83)26(86,87)28(90,91)30(94,95)32(98,99)34(102,103)36(106,107)38(111,112)113/h(H,114,115). The predicted molar refractivity (Wildman–Crippen MR) is 192 cm³/mol. The minimum Gasteiger partial charge on any atom is -0.479 e. The first-order valence-corrected chi connectivity index (χ1v) is 23.9. The summed E-state index contributed by atoms with van der Waals surface area (Å²) < 4.78 is 1050. The fourth-order valence-electron chi connectivity index (χ4n) is 7.17. The SMILES string of the molecule is O=C(O)C(F)(C(F)(F)C(F)(F)C(F)(F)C(F)(F)C(F)(F)C(F)(F)C(F)(F)C(F)(F)C(F)(F)C(F)(F)C(F)(F)C(F)(F)C(F)(F)C(F)(F)C(F)(F)C(F)(F)C(F)(F)C(F)(F)F)C(F)(F)C(F)(F)C(F)(F)C(F)(F)C(F)(F)C(F)(F)C(F)(F)C(F)(F)C(F)(F)C(F)(F)C(F)(F)C(F)(F)C(F)(F)C(F)(F)C(F)(F)C(F)(F)C(F)(F)C(F)(F)F. The van der Waals surface area contributed by atoms with Crippen molar-refractivity contribution in [3.63, 3.8) is 0 Å². The van der Waals surface area contributed by atoms with E-state index < -0.39 is 225 Å². The van der Waals surface area contributed by atoms with Gasteiger partial charge < -0.3 is 5.11 Å². The van der Waals surface area contributed by atoms with Crippen LogP contribution in [-0.2, 0) is 4.79 Å². The average molecular weight is 1910 g/mol. The van der Waals surface area contributed by atoms with E-state index in [1.807, 2.05) is 0 Å². The van der Waals surface area contributed by atoms with Crippen LogP contribution in [0.2, 0.25) is 0 Å². The molecule has 0 spiro atoms. The van der Waals surface area contributed by atoms with E-state index in [1.54, 1.807) is 0 Å². The van der Waals surface area contributed by atoms with Crippen molar-refractivity contribution in [3.8, 4) is 0 Å². The van der Waals surface area contributed by atoms with Gasteiger partial charge in [0.15, 0.2) is 0 Å². The monoisotopic (exact) mass is 1910 g/mol. The van der Waals surface area contributed by atoms with Gasteiger partial charge in [-0.1, -0.05) is 0 Å². The average Bonchev–Trinajstić information content (AvgIpc) is 0.691. The summed E-state index contributed by atoms with van der Waals surface area (Å²) in [4.78, 5) is 11.0. The lowest BCUT2D eigenvalue weighted by Gasteiger charge is -2.49. The third kappa shape index (κ3) is 11.6. The van der Waals surface area contributed by atoms with Crippen LogP contribution < -0.4 is 0 Å². The van der Waals surface area contributed by atoms with E-state index in [4.69, 9.17) is 5.11 Å². The van der Waals surface area contributed by atoms with Crippen LogP contribution in [0.15, 0.2) is 0 Å². The van der Waals surface area contributed by atoms with Crippen molar-refractivity contribution < 1.29 is 339 Å². The third-order valence-electron chi connectivity index (χ3n) is 14.5. The van der Waals surface area contributed by atoms with Gasteiger partial charge in [-0.05, 0) is 0 Å². The van der Waals surface area contributed by atoms with Crippen LogP contribution in [-0.4, -0.2) is 230 Å². The Morgan fingerprint density at radius 2 is 0.157 bits per heavy atom. The fourth-order valence-corrected chi connectivity index (χ4v) is 7.17. The van der Waals surface area contributed by atoms with Gasteiger partial charge in [-0.15, -0.1) is 0 Å². The summed E-state index contributed by atoms with van der Waals surface area (Å²) in [7, 11) is 0. The molecule has 690 valence electrons.